The van der Waals surface area contributed by atoms with Crippen molar-refractivity contribution < 1.29 is 9.59 Å². The van der Waals surface area contributed by atoms with E-state index in [4.69, 9.17) is 23.2 Å². The number of halogens is 2. The third-order valence-electron chi connectivity index (χ3n) is 4.71. The summed E-state index contributed by atoms with van der Waals surface area (Å²) in [6.07, 6.45) is 5.01. The van der Waals surface area contributed by atoms with Gasteiger partial charge in [-0.2, -0.15) is 0 Å². The SMILES string of the molecule is O=C(CNC(=O)c1ccc(Cl)cc1Cl)Nc1ccc(N2CCCCCC2)cc1. The predicted octanol–water partition coefficient (Wildman–Crippen LogP) is 4.74. The van der Waals surface area contributed by atoms with E-state index in [-0.39, 0.29) is 23.0 Å². The molecule has 2 amide bonds. The van der Waals surface area contributed by atoms with E-state index in [1.165, 1.54) is 43.5 Å². The Morgan fingerprint density at radius 1 is 0.929 bits per heavy atom. The molecular formula is C21H23Cl2N3O2. The number of carbonyl (C=O) groups is 2. The van der Waals surface area contributed by atoms with Gasteiger partial charge >= 0.3 is 0 Å². The van der Waals surface area contributed by atoms with Crippen LogP contribution in [0.5, 0.6) is 0 Å². The van der Waals surface area contributed by atoms with Crippen LogP contribution in [0, 0.1) is 0 Å². The fraction of sp³-hybridized carbons (Fsp3) is 0.333. The number of hydrogen-bond donors (Lipinski definition) is 2. The molecule has 0 aliphatic carbocycles. The van der Waals surface area contributed by atoms with E-state index in [0.29, 0.717) is 10.7 Å². The molecule has 0 atom stereocenters. The van der Waals surface area contributed by atoms with Crippen molar-refractivity contribution in [1.29, 1.82) is 0 Å². The lowest BCUT2D eigenvalue weighted by atomic mass is 10.2. The summed E-state index contributed by atoms with van der Waals surface area (Å²) in [5.41, 5.74) is 2.15. The molecule has 0 saturated carbocycles. The number of benzene rings is 2. The van der Waals surface area contributed by atoms with Crippen LogP contribution in [0.2, 0.25) is 10.0 Å². The summed E-state index contributed by atoms with van der Waals surface area (Å²) in [7, 11) is 0. The fourth-order valence-electron chi connectivity index (χ4n) is 3.22. The summed E-state index contributed by atoms with van der Waals surface area (Å²) in [5, 5.41) is 6.04. The Balaban J connectivity index is 1.51. The minimum absolute atomic E-state index is 0.147. The van der Waals surface area contributed by atoms with Gasteiger partial charge in [-0.15, -0.1) is 0 Å². The number of nitrogens with zero attached hydrogens (tertiary/aromatic N) is 1. The van der Waals surface area contributed by atoms with E-state index in [2.05, 4.69) is 15.5 Å². The van der Waals surface area contributed by atoms with Crippen LogP contribution in [0.3, 0.4) is 0 Å². The van der Waals surface area contributed by atoms with Crippen LogP contribution >= 0.6 is 23.2 Å². The first-order chi connectivity index (χ1) is 13.5. The number of rotatable bonds is 5. The average molecular weight is 420 g/mol. The maximum absolute atomic E-state index is 12.2. The summed E-state index contributed by atoms with van der Waals surface area (Å²) in [5.74, 6) is -0.728. The molecule has 1 aliphatic rings. The molecule has 1 saturated heterocycles. The van der Waals surface area contributed by atoms with Gasteiger partial charge in [0, 0.05) is 29.5 Å². The highest BCUT2D eigenvalue weighted by Gasteiger charge is 2.13. The molecule has 0 aromatic heterocycles. The molecular weight excluding hydrogens is 397 g/mol. The second-order valence-corrected chi connectivity index (χ2v) is 7.65. The molecule has 7 heteroatoms. The molecule has 28 heavy (non-hydrogen) atoms. The Kier molecular flexibility index (Phi) is 7.18. The van der Waals surface area contributed by atoms with Gasteiger partial charge in [0.05, 0.1) is 17.1 Å². The lowest BCUT2D eigenvalue weighted by Gasteiger charge is -2.22. The summed E-state index contributed by atoms with van der Waals surface area (Å²) >= 11 is 11.8. The third-order valence-corrected chi connectivity index (χ3v) is 5.26. The highest BCUT2D eigenvalue weighted by atomic mass is 35.5. The number of hydrogen-bond acceptors (Lipinski definition) is 3. The van der Waals surface area contributed by atoms with Gasteiger partial charge in [0.2, 0.25) is 5.91 Å². The highest BCUT2D eigenvalue weighted by Crippen LogP contribution is 2.22. The molecule has 1 fully saturated rings. The van der Waals surface area contributed by atoms with Crippen LogP contribution in [0.15, 0.2) is 42.5 Å². The zero-order valence-corrected chi connectivity index (χ0v) is 17.0. The largest absolute Gasteiger partial charge is 0.372 e. The van der Waals surface area contributed by atoms with Gasteiger partial charge in [0.15, 0.2) is 0 Å². The van der Waals surface area contributed by atoms with Crippen LogP contribution in [0.1, 0.15) is 36.0 Å². The van der Waals surface area contributed by atoms with Gasteiger partial charge < -0.3 is 15.5 Å². The highest BCUT2D eigenvalue weighted by molar-refractivity contribution is 6.36. The Labute approximate surface area is 175 Å². The summed E-state index contributed by atoms with van der Waals surface area (Å²) in [4.78, 5) is 26.7. The van der Waals surface area contributed by atoms with Gasteiger partial charge in [-0.05, 0) is 55.3 Å². The van der Waals surface area contributed by atoms with Gasteiger partial charge in [-0.3, -0.25) is 9.59 Å². The first-order valence-corrected chi connectivity index (χ1v) is 10.2. The maximum Gasteiger partial charge on any atom is 0.253 e. The second kappa shape index (κ2) is 9.80. The monoisotopic (exact) mass is 419 g/mol. The predicted molar refractivity (Wildman–Crippen MR) is 115 cm³/mol. The molecule has 1 heterocycles. The minimum Gasteiger partial charge on any atom is -0.372 e. The molecule has 0 unspecified atom stereocenters. The third kappa shape index (κ3) is 5.63. The molecule has 148 valence electrons. The van der Waals surface area contributed by atoms with Crippen molar-refractivity contribution in [2.24, 2.45) is 0 Å². The van der Waals surface area contributed by atoms with Crippen LogP contribution in [-0.2, 0) is 4.79 Å². The summed E-state index contributed by atoms with van der Waals surface area (Å²) in [6.45, 7) is 2.00. The van der Waals surface area contributed by atoms with E-state index in [1.54, 1.807) is 6.07 Å². The maximum atomic E-state index is 12.2. The molecule has 2 aromatic carbocycles. The van der Waals surface area contributed by atoms with Crippen LogP contribution in [0.4, 0.5) is 11.4 Å². The van der Waals surface area contributed by atoms with Crippen LogP contribution in [0.25, 0.3) is 0 Å². The number of carbonyl (C=O) groups excluding carboxylic acids is 2. The van der Waals surface area contributed by atoms with Gasteiger partial charge in [-0.25, -0.2) is 0 Å². The zero-order chi connectivity index (χ0) is 19.9. The molecule has 0 bridgehead atoms. The average Bonchev–Trinajstić information content (AvgIpc) is 2.96. The second-order valence-electron chi connectivity index (χ2n) is 6.80. The van der Waals surface area contributed by atoms with Crippen molar-refractivity contribution in [1.82, 2.24) is 5.32 Å². The van der Waals surface area contributed by atoms with Crippen molar-refractivity contribution >= 4 is 46.4 Å². The first kappa shape index (κ1) is 20.5. The Bertz CT molecular complexity index is 832. The normalized spacial score (nSPS) is 14.3. The van der Waals surface area contributed by atoms with Crippen molar-refractivity contribution in [3.05, 3.63) is 58.1 Å². The smallest absolute Gasteiger partial charge is 0.253 e. The fourth-order valence-corrected chi connectivity index (χ4v) is 3.71. The molecule has 0 radical (unpaired) electrons. The molecule has 5 nitrogen and oxygen atoms in total. The van der Waals surface area contributed by atoms with Gasteiger partial charge in [0.25, 0.3) is 5.91 Å². The van der Waals surface area contributed by atoms with Gasteiger partial charge in [0.1, 0.15) is 0 Å². The summed E-state index contributed by atoms with van der Waals surface area (Å²) < 4.78 is 0. The molecule has 2 aromatic rings. The Hall–Kier alpha value is -2.24. The van der Waals surface area contributed by atoms with E-state index in [1.807, 2.05) is 24.3 Å². The van der Waals surface area contributed by atoms with Gasteiger partial charge in [-0.1, -0.05) is 36.0 Å². The van der Waals surface area contributed by atoms with Crippen molar-refractivity contribution in [3.8, 4) is 0 Å². The van der Waals surface area contributed by atoms with Crippen LogP contribution in [-0.4, -0.2) is 31.4 Å². The van der Waals surface area contributed by atoms with Crippen LogP contribution < -0.4 is 15.5 Å². The topological polar surface area (TPSA) is 61.4 Å². The zero-order valence-electron chi connectivity index (χ0n) is 15.5. The minimum atomic E-state index is -0.423. The van der Waals surface area contributed by atoms with E-state index in [9.17, 15) is 9.59 Å². The standard InChI is InChI=1S/C21H23Cl2N3O2/c22-15-5-10-18(19(23)13-15)21(28)24-14-20(27)25-16-6-8-17(9-7-16)26-11-3-1-2-4-12-26/h5-10,13H,1-4,11-12,14H2,(H,24,28)(H,25,27). The van der Waals surface area contributed by atoms with Crippen molar-refractivity contribution in [2.45, 2.75) is 25.7 Å². The Morgan fingerprint density at radius 3 is 2.25 bits per heavy atom. The Morgan fingerprint density at radius 2 is 1.61 bits per heavy atom. The first-order valence-electron chi connectivity index (χ1n) is 9.41. The van der Waals surface area contributed by atoms with E-state index >= 15 is 0 Å². The van der Waals surface area contributed by atoms with Crippen molar-refractivity contribution in [3.63, 3.8) is 0 Å². The number of nitrogens with one attached hydrogen (secondary N) is 2. The molecule has 0 spiro atoms. The number of amides is 2. The molecule has 2 N–H and O–H groups in total. The molecule has 1 aliphatic heterocycles. The lowest BCUT2D eigenvalue weighted by molar-refractivity contribution is -0.115. The lowest BCUT2D eigenvalue weighted by Crippen LogP contribution is -2.33. The van der Waals surface area contributed by atoms with E-state index < -0.39 is 5.91 Å². The van der Waals surface area contributed by atoms with E-state index in [0.717, 1.165) is 13.1 Å². The quantitative estimate of drug-likeness (QED) is 0.735. The number of anilines is 2. The summed E-state index contributed by atoms with van der Waals surface area (Å²) in [6, 6.07) is 12.4. The van der Waals surface area contributed by atoms with Crippen molar-refractivity contribution in [2.75, 3.05) is 29.9 Å². The molecule has 3 rings (SSSR count).